The Bertz CT molecular complexity index is 511. The first-order valence-electron chi connectivity index (χ1n) is 7.83. The smallest absolute Gasteiger partial charge is 0.222 e. The molecule has 1 aliphatic heterocycles. The Morgan fingerprint density at radius 2 is 2.23 bits per heavy atom. The van der Waals surface area contributed by atoms with Crippen LogP contribution < -0.4 is 4.74 Å². The van der Waals surface area contributed by atoms with Crippen LogP contribution in [0.25, 0.3) is 0 Å². The number of carbonyl (C=O) groups is 1. The fraction of sp³-hybridized carbons (Fsp3) is 0.588. The number of hydrogen-bond donors (Lipinski definition) is 1. The van der Waals surface area contributed by atoms with Crippen molar-refractivity contribution in [2.24, 2.45) is 0 Å². The summed E-state index contributed by atoms with van der Waals surface area (Å²) in [4.78, 5) is 13.4. The van der Waals surface area contributed by atoms with E-state index in [1.807, 2.05) is 26.0 Å². The normalized spacial score (nSPS) is 21.2. The second kappa shape index (κ2) is 7.58. The fourth-order valence-electron chi connectivity index (χ4n) is 2.74. The van der Waals surface area contributed by atoms with Gasteiger partial charge in [-0.15, -0.1) is 0 Å². The Kier molecular flexibility index (Phi) is 5.77. The molecule has 5 heteroatoms. The van der Waals surface area contributed by atoms with Crippen LogP contribution in [0.3, 0.4) is 0 Å². The zero-order valence-electron chi connectivity index (χ0n) is 13.2. The van der Waals surface area contributed by atoms with Crippen LogP contribution >= 0.6 is 0 Å². The first kappa shape index (κ1) is 16.7. The summed E-state index contributed by atoms with van der Waals surface area (Å²) in [7, 11) is 0. The highest BCUT2D eigenvalue weighted by atomic mass is 19.1. The number of amides is 1. The predicted octanol–water partition coefficient (Wildman–Crippen LogP) is 2.26. The number of alkyl halides is 1. The van der Waals surface area contributed by atoms with Crippen LogP contribution in [0.2, 0.25) is 0 Å². The molecule has 1 saturated heterocycles. The molecule has 2 rings (SSSR count). The number of hydrogen-bond acceptors (Lipinski definition) is 3. The molecule has 22 heavy (non-hydrogen) atoms. The van der Waals surface area contributed by atoms with E-state index in [1.165, 1.54) is 10.5 Å². The summed E-state index contributed by atoms with van der Waals surface area (Å²) in [5.74, 6) is 0.809. The number of likely N-dealkylation sites (tertiary alicyclic amines) is 1. The summed E-state index contributed by atoms with van der Waals surface area (Å²) in [5, 5.41) is 9.34. The first-order valence-corrected chi connectivity index (χ1v) is 7.83. The van der Waals surface area contributed by atoms with Crippen LogP contribution in [0.1, 0.15) is 30.9 Å². The van der Waals surface area contributed by atoms with Gasteiger partial charge in [0.1, 0.15) is 18.0 Å². The molecule has 0 aliphatic carbocycles. The van der Waals surface area contributed by atoms with E-state index in [1.54, 1.807) is 0 Å². The highest BCUT2D eigenvalue weighted by Crippen LogP contribution is 2.21. The van der Waals surface area contributed by atoms with Crippen molar-refractivity contribution in [3.8, 4) is 5.75 Å². The molecule has 1 aliphatic rings. The Labute approximate surface area is 130 Å². The summed E-state index contributed by atoms with van der Waals surface area (Å²) < 4.78 is 18.7. The predicted molar refractivity (Wildman–Crippen MR) is 82.8 cm³/mol. The molecule has 4 nitrogen and oxygen atoms in total. The van der Waals surface area contributed by atoms with Gasteiger partial charge in [0, 0.05) is 13.0 Å². The molecule has 0 radical (unpaired) electrons. The Hall–Kier alpha value is -1.62. The largest absolute Gasteiger partial charge is 0.494 e. The van der Waals surface area contributed by atoms with E-state index in [2.05, 4.69) is 6.07 Å². The molecule has 1 N–H and O–H groups in total. The summed E-state index contributed by atoms with van der Waals surface area (Å²) in [6.45, 7) is 4.74. The van der Waals surface area contributed by atoms with Crippen LogP contribution in [0.15, 0.2) is 18.2 Å². The third-order valence-electron chi connectivity index (χ3n) is 3.97. The number of aliphatic hydroxyl groups is 1. The van der Waals surface area contributed by atoms with Crippen molar-refractivity contribution in [2.75, 3.05) is 19.7 Å². The maximum Gasteiger partial charge on any atom is 0.222 e. The molecule has 0 saturated carbocycles. The lowest BCUT2D eigenvalue weighted by Gasteiger charge is -2.15. The van der Waals surface area contributed by atoms with Crippen LogP contribution in [0, 0.1) is 6.92 Å². The van der Waals surface area contributed by atoms with Crippen molar-refractivity contribution < 1.29 is 19.0 Å². The van der Waals surface area contributed by atoms with Gasteiger partial charge in [0.15, 0.2) is 0 Å². The standard InChI is InChI=1S/C17H24FNO3/c1-3-22-16-8-7-13(9-12(16)2)5-4-6-17(21)19-10-14(18)15(20)11-19/h7-9,14-15,20H,3-6,10-11H2,1-2H3/t14-,15-/m1/s1. The molecule has 0 unspecified atom stereocenters. The monoisotopic (exact) mass is 309 g/mol. The highest BCUT2D eigenvalue weighted by Gasteiger charge is 2.33. The summed E-state index contributed by atoms with van der Waals surface area (Å²) in [6, 6.07) is 6.05. The van der Waals surface area contributed by atoms with Gasteiger partial charge in [-0.25, -0.2) is 4.39 Å². The van der Waals surface area contributed by atoms with Crippen LogP contribution in [-0.2, 0) is 11.2 Å². The average molecular weight is 309 g/mol. The lowest BCUT2D eigenvalue weighted by atomic mass is 10.0. The first-order chi connectivity index (χ1) is 10.5. The zero-order valence-corrected chi connectivity index (χ0v) is 13.2. The lowest BCUT2D eigenvalue weighted by Crippen LogP contribution is -2.29. The van der Waals surface area contributed by atoms with Gasteiger partial charge in [-0.05, 0) is 43.9 Å². The Morgan fingerprint density at radius 1 is 1.45 bits per heavy atom. The number of rotatable bonds is 6. The van der Waals surface area contributed by atoms with Gasteiger partial charge >= 0.3 is 0 Å². The van der Waals surface area contributed by atoms with Gasteiger partial charge in [0.05, 0.1) is 13.2 Å². The topological polar surface area (TPSA) is 49.8 Å². The second-order valence-electron chi connectivity index (χ2n) is 5.77. The zero-order chi connectivity index (χ0) is 16.1. The number of carbonyl (C=O) groups excluding carboxylic acids is 1. The number of benzene rings is 1. The van der Waals surface area contributed by atoms with Crippen LogP contribution in [0.5, 0.6) is 5.75 Å². The maximum absolute atomic E-state index is 13.2. The number of β-amino-alcohol motifs (C(OH)–C–C–N with tert-alkyl or cyclic N) is 1. The number of aryl methyl sites for hydroxylation is 2. The summed E-state index contributed by atoms with van der Waals surface area (Å²) in [5.41, 5.74) is 2.26. The number of nitrogens with zero attached hydrogens (tertiary/aromatic N) is 1. The molecule has 1 amide bonds. The molecular formula is C17H24FNO3. The quantitative estimate of drug-likeness (QED) is 0.877. The molecule has 2 atom stereocenters. The molecule has 1 heterocycles. The minimum atomic E-state index is -1.31. The van der Waals surface area contributed by atoms with Crippen molar-refractivity contribution in [3.63, 3.8) is 0 Å². The Morgan fingerprint density at radius 3 is 2.82 bits per heavy atom. The maximum atomic E-state index is 13.2. The van der Waals surface area contributed by atoms with Crippen molar-refractivity contribution in [1.82, 2.24) is 4.90 Å². The third kappa shape index (κ3) is 4.19. The van der Waals surface area contributed by atoms with Crippen molar-refractivity contribution in [3.05, 3.63) is 29.3 Å². The van der Waals surface area contributed by atoms with Crippen molar-refractivity contribution in [2.45, 2.75) is 45.4 Å². The molecule has 1 fully saturated rings. The Balaban J connectivity index is 1.79. The van der Waals surface area contributed by atoms with Gasteiger partial charge < -0.3 is 14.7 Å². The van der Waals surface area contributed by atoms with Gasteiger partial charge in [0.25, 0.3) is 0 Å². The van der Waals surface area contributed by atoms with Crippen molar-refractivity contribution >= 4 is 5.91 Å². The molecule has 1 aromatic carbocycles. The highest BCUT2D eigenvalue weighted by molar-refractivity contribution is 5.76. The molecule has 1 aromatic rings. The van der Waals surface area contributed by atoms with E-state index < -0.39 is 12.3 Å². The molecule has 0 spiro atoms. The molecule has 0 aromatic heterocycles. The molecular weight excluding hydrogens is 285 g/mol. The average Bonchev–Trinajstić information content (AvgIpc) is 2.82. The van der Waals surface area contributed by atoms with Gasteiger partial charge in [-0.1, -0.05) is 12.1 Å². The molecule has 0 bridgehead atoms. The van der Waals surface area contributed by atoms with Gasteiger partial charge in [0.2, 0.25) is 5.91 Å². The van der Waals surface area contributed by atoms with E-state index in [-0.39, 0.29) is 19.0 Å². The van der Waals surface area contributed by atoms with Gasteiger partial charge in [-0.3, -0.25) is 4.79 Å². The third-order valence-corrected chi connectivity index (χ3v) is 3.97. The lowest BCUT2D eigenvalue weighted by molar-refractivity contribution is -0.130. The minimum Gasteiger partial charge on any atom is -0.494 e. The van der Waals surface area contributed by atoms with Crippen molar-refractivity contribution in [1.29, 1.82) is 0 Å². The van der Waals surface area contributed by atoms with E-state index in [4.69, 9.17) is 4.74 Å². The minimum absolute atomic E-state index is 0.0160. The SMILES string of the molecule is CCOc1ccc(CCCC(=O)N2C[C@@H](O)[C@H](F)C2)cc1C. The van der Waals surface area contributed by atoms with Crippen LogP contribution in [0.4, 0.5) is 4.39 Å². The summed E-state index contributed by atoms with van der Waals surface area (Å²) >= 11 is 0. The molecule has 122 valence electrons. The summed E-state index contributed by atoms with van der Waals surface area (Å²) in [6.07, 6.45) is -0.439. The van der Waals surface area contributed by atoms with E-state index in [0.717, 1.165) is 24.2 Å². The van der Waals surface area contributed by atoms with E-state index in [0.29, 0.717) is 13.0 Å². The van der Waals surface area contributed by atoms with E-state index >= 15 is 0 Å². The number of ether oxygens (including phenoxy) is 1. The van der Waals surface area contributed by atoms with Gasteiger partial charge in [-0.2, -0.15) is 0 Å². The fourth-order valence-corrected chi connectivity index (χ4v) is 2.74. The van der Waals surface area contributed by atoms with E-state index in [9.17, 15) is 14.3 Å². The number of aliphatic hydroxyl groups excluding tert-OH is 1. The van der Waals surface area contributed by atoms with Crippen LogP contribution in [-0.4, -0.2) is 47.9 Å². The second-order valence-corrected chi connectivity index (χ2v) is 5.77. The number of halogens is 1.